The zero-order valence-electron chi connectivity index (χ0n) is 13.1. The fourth-order valence-electron chi connectivity index (χ4n) is 2.70. The van der Waals surface area contributed by atoms with Gasteiger partial charge in [-0.1, -0.05) is 62.4 Å². The van der Waals surface area contributed by atoms with Crippen molar-refractivity contribution in [2.24, 2.45) is 0 Å². The first-order valence-corrected chi connectivity index (χ1v) is 8.11. The molecule has 0 heterocycles. The van der Waals surface area contributed by atoms with Crippen LogP contribution in [0.5, 0.6) is 0 Å². The van der Waals surface area contributed by atoms with Crippen molar-refractivity contribution in [3.63, 3.8) is 0 Å². The van der Waals surface area contributed by atoms with E-state index in [1.54, 1.807) is 0 Å². The molecule has 0 atom stereocenters. The van der Waals surface area contributed by atoms with Crippen LogP contribution in [0.2, 0.25) is 0 Å². The first-order chi connectivity index (χ1) is 10.2. The van der Waals surface area contributed by atoms with Gasteiger partial charge in [-0.3, -0.25) is 0 Å². The normalized spacial score (nSPS) is 14.6. The van der Waals surface area contributed by atoms with Crippen molar-refractivity contribution >= 4 is 0 Å². The van der Waals surface area contributed by atoms with E-state index >= 15 is 0 Å². The second-order valence-electron chi connectivity index (χ2n) is 6.52. The molecule has 0 bridgehead atoms. The Balaban J connectivity index is 1.48. The van der Waals surface area contributed by atoms with Gasteiger partial charge >= 0.3 is 0 Å². The molecule has 0 aliphatic heterocycles. The largest absolute Gasteiger partial charge is 0.309 e. The predicted molar refractivity (Wildman–Crippen MR) is 89.5 cm³/mol. The van der Waals surface area contributed by atoms with Gasteiger partial charge < -0.3 is 5.32 Å². The highest BCUT2D eigenvalue weighted by atomic mass is 14.8. The molecule has 110 valence electrons. The third-order valence-electron chi connectivity index (χ3n) is 4.33. The predicted octanol–water partition coefficient (Wildman–Crippen LogP) is 4.98. The zero-order valence-corrected chi connectivity index (χ0v) is 13.1. The molecule has 1 N–H and O–H groups in total. The van der Waals surface area contributed by atoms with Crippen LogP contribution in [-0.2, 0) is 13.1 Å². The molecule has 1 fully saturated rings. The molecule has 21 heavy (non-hydrogen) atoms. The van der Waals surface area contributed by atoms with Crippen LogP contribution in [0.1, 0.15) is 60.8 Å². The molecule has 3 rings (SSSR count). The Hall–Kier alpha value is -1.60. The smallest absolute Gasteiger partial charge is 0.0208 e. The number of rotatable bonds is 6. The summed E-state index contributed by atoms with van der Waals surface area (Å²) in [6.07, 6.45) is 2.76. The van der Waals surface area contributed by atoms with Gasteiger partial charge in [0.15, 0.2) is 0 Å². The van der Waals surface area contributed by atoms with Gasteiger partial charge in [0.2, 0.25) is 0 Å². The second kappa shape index (κ2) is 6.44. The lowest BCUT2D eigenvalue weighted by atomic mass is 10.0. The molecular weight excluding hydrogens is 254 g/mol. The van der Waals surface area contributed by atoms with Gasteiger partial charge in [0.1, 0.15) is 0 Å². The molecule has 1 aliphatic rings. The average molecular weight is 279 g/mol. The molecule has 0 amide bonds. The lowest BCUT2D eigenvalue weighted by Gasteiger charge is -2.09. The van der Waals surface area contributed by atoms with Gasteiger partial charge in [-0.25, -0.2) is 0 Å². The van der Waals surface area contributed by atoms with Crippen LogP contribution in [0.15, 0.2) is 48.5 Å². The Labute approximate surface area is 128 Å². The monoisotopic (exact) mass is 279 g/mol. The van der Waals surface area contributed by atoms with Gasteiger partial charge in [-0.2, -0.15) is 0 Å². The minimum Gasteiger partial charge on any atom is -0.309 e. The van der Waals surface area contributed by atoms with Crippen LogP contribution < -0.4 is 5.32 Å². The molecule has 2 aromatic carbocycles. The molecule has 0 radical (unpaired) electrons. The first kappa shape index (κ1) is 14.3. The lowest BCUT2D eigenvalue weighted by molar-refractivity contribution is 0.692. The Bertz CT molecular complexity index is 516. The summed E-state index contributed by atoms with van der Waals surface area (Å²) in [5, 5.41) is 3.53. The van der Waals surface area contributed by atoms with E-state index in [-0.39, 0.29) is 0 Å². The average Bonchev–Trinajstić information content (AvgIpc) is 3.33. The molecule has 1 heteroatoms. The van der Waals surface area contributed by atoms with E-state index in [9.17, 15) is 0 Å². The van der Waals surface area contributed by atoms with Crippen molar-refractivity contribution in [3.05, 3.63) is 70.8 Å². The summed E-state index contributed by atoms with van der Waals surface area (Å²) in [7, 11) is 0. The summed E-state index contributed by atoms with van der Waals surface area (Å²) < 4.78 is 0. The maximum Gasteiger partial charge on any atom is 0.0208 e. The molecule has 1 saturated carbocycles. The Morgan fingerprint density at radius 1 is 0.857 bits per heavy atom. The van der Waals surface area contributed by atoms with Crippen molar-refractivity contribution < 1.29 is 0 Å². The molecule has 2 aromatic rings. The summed E-state index contributed by atoms with van der Waals surface area (Å²) >= 11 is 0. The molecule has 0 aromatic heterocycles. The second-order valence-corrected chi connectivity index (χ2v) is 6.52. The molecule has 0 unspecified atom stereocenters. The Kier molecular flexibility index (Phi) is 4.40. The summed E-state index contributed by atoms with van der Waals surface area (Å²) in [5.41, 5.74) is 5.66. The first-order valence-electron chi connectivity index (χ1n) is 8.11. The standard InChI is InChI=1S/C20H25N/c1-15(2)18-7-3-16(4-8-18)13-21-14-17-5-9-19(10-6-17)20-11-12-20/h3-10,15,20-21H,11-14H2,1-2H3. The van der Waals surface area contributed by atoms with E-state index < -0.39 is 0 Å². The van der Waals surface area contributed by atoms with E-state index in [1.165, 1.54) is 35.1 Å². The molecular formula is C20H25N. The topological polar surface area (TPSA) is 12.0 Å². The lowest BCUT2D eigenvalue weighted by Crippen LogP contribution is -2.12. The van der Waals surface area contributed by atoms with Gasteiger partial charge in [-0.05, 0) is 46.9 Å². The highest BCUT2D eigenvalue weighted by Crippen LogP contribution is 2.39. The third-order valence-corrected chi connectivity index (χ3v) is 4.33. The number of hydrogen-bond donors (Lipinski definition) is 1. The van der Waals surface area contributed by atoms with Crippen LogP contribution in [0.3, 0.4) is 0 Å². The van der Waals surface area contributed by atoms with E-state index in [2.05, 4.69) is 67.7 Å². The molecule has 0 saturated heterocycles. The van der Waals surface area contributed by atoms with E-state index in [0.717, 1.165) is 19.0 Å². The van der Waals surface area contributed by atoms with Gasteiger partial charge in [0, 0.05) is 13.1 Å². The van der Waals surface area contributed by atoms with E-state index in [1.807, 2.05) is 0 Å². The summed E-state index contributed by atoms with van der Waals surface area (Å²) in [6, 6.07) is 18.1. The quantitative estimate of drug-likeness (QED) is 0.786. The van der Waals surface area contributed by atoms with Crippen LogP contribution in [0.25, 0.3) is 0 Å². The maximum atomic E-state index is 3.53. The number of hydrogen-bond acceptors (Lipinski definition) is 1. The highest BCUT2D eigenvalue weighted by molar-refractivity contribution is 5.28. The van der Waals surface area contributed by atoms with E-state index in [0.29, 0.717) is 5.92 Å². The van der Waals surface area contributed by atoms with Crippen LogP contribution in [0.4, 0.5) is 0 Å². The maximum absolute atomic E-state index is 3.53. The van der Waals surface area contributed by atoms with Crippen LogP contribution in [0, 0.1) is 0 Å². The number of benzene rings is 2. The zero-order chi connectivity index (χ0) is 14.7. The van der Waals surface area contributed by atoms with Gasteiger partial charge in [0.25, 0.3) is 0 Å². The van der Waals surface area contributed by atoms with Crippen LogP contribution >= 0.6 is 0 Å². The van der Waals surface area contributed by atoms with Crippen molar-refractivity contribution in [1.29, 1.82) is 0 Å². The highest BCUT2D eigenvalue weighted by Gasteiger charge is 2.22. The fraction of sp³-hybridized carbons (Fsp3) is 0.400. The summed E-state index contributed by atoms with van der Waals surface area (Å²) in [4.78, 5) is 0. The van der Waals surface area contributed by atoms with Crippen molar-refractivity contribution in [3.8, 4) is 0 Å². The van der Waals surface area contributed by atoms with Crippen molar-refractivity contribution in [1.82, 2.24) is 5.32 Å². The SMILES string of the molecule is CC(C)c1ccc(CNCc2ccc(C3CC3)cc2)cc1. The fourth-order valence-corrected chi connectivity index (χ4v) is 2.70. The van der Waals surface area contributed by atoms with Crippen LogP contribution in [-0.4, -0.2) is 0 Å². The van der Waals surface area contributed by atoms with Crippen molar-refractivity contribution in [2.45, 2.75) is 51.6 Å². The van der Waals surface area contributed by atoms with Gasteiger partial charge in [0.05, 0.1) is 0 Å². The number of nitrogens with one attached hydrogen (secondary N) is 1. The Morgan fingerprint density at radius 3 is 1.86 bits per heavy atom. The summed E-state index contributed by atoms with van der Waals surface area (Å²) in [6.45, 7) is 6.34. The Morgan fingerprint density at radius 2 is 1.38 bits per heavy atom. The molecule has 1 aliphatic carbocycles. The minimum atomic E-state index is 0.608. The molecule has 0 spiro atoms. The van der Waals surface area contributed by atoms with E-state index in [4.69, 9.17) is 0 Å². The minimum absolute atomic E-state index is 0.608. The van der Waals surface area contributed by atoms with Crippen molar-refractivity contribution in [2.75, 3.05) is 0 Å². The third kappa shape index (κ3) is 3.95. The van der Waals surface area contributed by atoms with Gasteiger partial charge in [-0.15, -0.1) is 0 Å². The summed E-state index contributed by atoms with van der Waals surface area (Å²) in [5.74, 6) is 1.46. The molecule has 1 nitrogen and oxygen atoms in total.